The van der Waals surface area contributed by atoms with Gasteiger partial charge in [0.25, 0.3) is 0 Å². The Bertz CT molecular complexity index is 307. The van der Waals surface area contributed by atoms with Crippen molar-refractivity contribution in [3.63, 3.8) is 0 Å². The molecule has 1 aliphatic rings. The summed E-state index contributed by atoms with van der Waals surface area (Å²) in [6, 6.07) is 8.10. The minimum absolute atomic E-state index is 0.546. The van der Waals surface area contributed by atoms with Gasteiger partial charge in [-0.25, -0.2) is 0 Å². The first-order valence-electron chi connectivity index (χ1n) is 4.77. The van der Waals surface area contributed by atoms with Gasteiger partial charge in [-0.15, -0.1) is 0 Å². The second-order valence-electron chi connectivity index (χ2n) is 3.73. The number of fused-ring (bicyclic) bond motifs is 1. The fourth-order valence-corrected chi connectivity index (χ4v) is 2.17. The number of benzene rings is 1. The highest BCUT2D eigenvalue weighted by Gasteiger charge is 2.35. The van der Waals surface area contributed by atoms with Gasteiger partial charge in [0.05, 0.1) is 5.60 Å². The fourth-order valence-electron chi connectivity index (χ4n) is 2.17. The zero-order chi connectivity index (χ0) is 9.31. The summed E-state index contributed by atoms with van der Waals surface area (Å²) in [5, 5.41) is 10.3. The van der Waals surface area contributed by atoms with Gasteiger partial charge in [0.2, 0.25) is 0 Å². The van der Waals surface area contributed by atoms with E-state index in [-0.39, 0.29) is 0 Å². The molecule has 0 aromatic heterocycles. The maximum Gasteiger partial charge on any atom is 0.0914 e. The van der Waals surface area contributed by atoms with Crippen molar-refractivity contribution in [1.29, 1.82) is 0 Å². The second-order valence-corrected chi connectivity index (χ2v) is 3.73. The van der Waals surface area contributed by atoms with Gasteiger partial charge in [0.15, 0.2) is 0 Å². The van der Waals surface area contributed by atoms with Crippen LogP contribution in [-0.4, -0.2) is 11.7 Å². The van der Waals surface area contributed by atoms with Crippen LogP contribution in [0.4, 0.5) is 0 Å². The SMILES string of the molecule is NCCC1(O)CCc2ccccc21. The quantitative estimate of drug-likeness (QED) is 0.712. The molecule has 0 heterocycles. The third-order valence-electron chi connectivity index (χ3n) is 2.88. The molecule has 2 heteroatoms. The van der Waals surface area contributed by atoms with Crippen molar-refractivity contribution >= 4 is 0 Å². The molecular formula is C11H15NO. The van der Waals surface area contributed by atoms with E-state index in [2.05, 4.69) is 6.07 Å². The van der Waals surface area contributed by atoms with Crippen LogP contribution in [-0.2, 0) is 12.0 Å². The van der Waals surface area contributed by atoms with Crippen molar-refractivity contribution in [1.82, 2.24) is 0 Å². The predicted molar refractivity (Wildman–Crippen MR) is 52.3 cm³/mol. The summed E-state index contributed by atoms with van der Waals surface area (Å²) in [5.41, 5.74) is 7.20. The Labute approximate surface area is 78.4 Å². The fraction of sp³-hybridized carbons (Fsp3) is 0.455. The average molecular weight is 177 g/mol. The van der Waals surface area contributed by atoms with Gasteiger partial charge in [-0.2, -0.15) is 0 Å². The smallest absolute Gasteiger partial charge is 0.0914 e. The van der Waals surface area contributed by atoms with E-state index in [0.29, 0.717) is 13.0 Å². The molecular weight excluding hydrogens is 162 g/mol. The molecule has 1 unspecified atom stereocenters. The van der Waals surface area contributed by atoms with Gasteiger partial charge >= 0.3 is 0 Å². The monoisotopic (exact) mass is 177 g/mol. The first kappa shape index (κ1) is 8.73. The number of rotatable bonds is 2. The van der Waals surface area contributed by atoms with E-state index in [4.69, 9.17) is 5.73 Å². The topological polar surface area (TPSA) is 46.2 Å². The standard InChI is InChI=1S/C11H15NO/c12-8-7-11(13)6-5-9-3-1-2-4-10(9)11/h1-4,13H,5-8,12H2. The summed E-state index contributed by atoms with van der Waals surface area (Å²) in [6.45, 7) is 0.546. The Balaban J connectivity index is 2.37. The Morgan fingerprint density at radius 1 is 1.38 bits per heavy atom. The first-order valence-corrected chi connectivity index (χ1v) is 4.77. The van der Waals surface area contributed by atoms with E-state index in [1.165, 1.54) is 5.56 Å². The van der Waals surface area contributed by atoms with E-state index >= 15 is 0 Å². The van der Waals surface area contributed by atoms with Gasteiger partial charge in [0, 0.05) is 0 Å². The molecule has 0 saturated heterocycles. The summed E-state index contributed by atoms with van der Waals surface area (Å²) in [4.78, 5) is 0. The summed E-state index contributed by atoms with van der Waals surface area (Å²) in [6.07, 6.45) is 2.47. The highest BCUT2D eigenvalue weighted by Crippen LogP contribution is 2.38. The van der Waals surface area contributed by atoms with Crippen LogP contribution in [0.5, 0.6) is 0 Å². The van der Waals surface area contributed by atoms with Crippen LogP contribution in [0.1, 0.15) is 24.0 Å². The van der Waals surface area contributed by atoms with Crippen molar-refractivity contribution in [2.24, 2.45) is 5.73 Å². The van der Waals surface area contributed by atoms with Crippen molar-refractivity contribution in [3.05, 3.63) is 35.4 Å². The van der Waals surface area contributed by atoms with Crippen LogP contribution in [0.25, 0.3) is 0 Å². The Hall–Kier alpha value is -0.860. The van der Waals surface area contributed by atoms with E-state index in [9.17, 15) is 5.11 Å². The maximum absolute atomic E-state index is 10.3. The lowest BCUT2D eigenvalue weighted by atomic mass is 9.92. The van der Waals surface area contributed by atoms with E-state index in [1.807, 2.05) is 18.2 Å². The molecule has 1 aromatic rings. The molecule has 1 aliphatic carbocycles. The van der Waals surface area contributed by atoms with E-state index < -0.39 is 5.60 Å². The third kappa shape index (κ3) is 1.36. The zero-order valence-electron chi connectivity index (χ0n) is 7.66. The lowest BCUT2D eigenvalue weighted by Gasteiger charge is -2.22. The molecule has 1 atom stereocenters. The third-order valence-corrected chi connectivity index (χ3v) is 2.88. The number of aryl methyl sites for hydroxylation is 1. The molecule has 0 radical (unpaired) electrons. The summed E-state index contributed by atoms with van der Waals surface area (Å²) in [5.74, 6) is 0. The molecule has 0 aliphatic heterocycles. The van der Waals surface area contributed by atoms with Crippen molar-refractivity contribution < 1.29 is 5.11 Å². The number of hydrogen-bond donors (Lipinski definition) is 2. The number of hydrogen-bond acceptors (Lipinski definition) is 2. The van der Waals surface area contributed by atoms with E-state index in [1.54, 1.807) is 0 Å². The van der Waals surface area contributed by atoms with Crippen LogP contribution in [0.2, 0.25) is 0 Å². The minimum atomic E-state index is -0.647. The van der Waals surface area contributed by atoms with Crippen LogP contribution < -0.4 is 5.73 Å². The number of nitrogens with two attached hydrogens (primary N) is 1. The van der Waals surface area contributed by atoms with Crippen LogP contribution in [0, 0.1) is 0 Å². The molecule has 2 nitrogen and oxygen atoms in total. The summed E-state index contributed by atoms with van der Waals surface area (Å²) >= 11 is 0. The van der Waals surface area contributed by atoms with Gasteiger partial charge in [-0.3, -0.25) is 0 Å². The second kappa shape index (κ2) is 3.13. The normalized spacial score (nSPS) is 26.0. The first-order chi connectivity index (χ1) is 6.26. The van der Waals surface area contributed by atoms with Crippen molar-refractivity contribution in [2.45, 2.75) is 24.9 Å². The lowest BCUT2D eigenvalue weighted by molar-refractivity contribution is 0.0320. The summed E-state index contributed by atoms with van der Waals surface area (Å²) in [7, 11) is 0. The number of aliphatic hydroxyl groups is 1. The van der Waals surface area contributed by atoms with E-state index in [0.717, 1.165) is 18.4 Å². The minimum Gasteiger partial charge on any atom is -0.385 e. The molecule has 70 valence electrons. The predicted octanol–water partition coefficient (Wildman–Crippen LogP) is 1.17. The Kier molecular flexibility index (Phi) is 2.10. The maximum atomic E-state index is 10.3. The summed E-state index contributed by atoms with van der Waals surface area (Å²) < 4.78 is 0. The molecule has 1 aromatic carbocycles. The largest absolute Gasteiger partial charge is 0.385 e. The Morgan fingerprint density at radius 2 is 2.15 bits per heavy atom. The van der Waals surface area contributed by atoms with Crippen LogP contribution in [0.3, 0.4) is 0 Å². The molecule has 3 N–H and O–H groups in total. The average Bonchev–Trinajstić information content (AvgIpc) is 2.46. The van der Waals surface area contributed by atoms with Gasteiger partial charge in [-0.05, 0) is 36.9 Å². The van der Waals surface area contributed by atoms with Crippen LogP contribution >= 0.6 is 0 Å². The molecule has 2 rings (SSSR count). The van der Waals surface area contributed by atoms with Crippen molar-refractivity contribution in [3.8, 4) is 0 Å². The molecule has 13 heavy (non-hydrogen) atoms. The lowest BCUT2D eigenvalue weighted by Crippen LogP contribution is -2.25. The van der Waals surface area contributed by atoms with Gasteiger partial charge in [0.1, 0.15) is 0 Å². The van der Waals surface area contributed by atoms with Gasteiger partial charge < -0.3 is 10.8 Å². The van der Waals surface area contributed by atoms with Crippen molar-refractivity contribution in [2.75, 3.05) is 6.54 Å². The highest BCUT2D eigenvalue weighted by molar-refractivity contribution is 5.36. The molecule has 0 amide bonds. The molecule has 0 bridgehead atoms. The zero-order valence-corrected chi connectivity index (χ0v) is 7.66. The molecule has 0 saturated carbocycles. The van der Waals surface area contributed by atoms with Crippen LogP contribution in [0.15, 0.2) is 24.3 Å². The Morgan fingerprint density at radius 3 is 2.92 bits per heavy atom. The highest BCUT2D eigenvalue weighted by atomic mass is 16.3. The molecule has 0 fully saturated rings. The molecule has 0 spiro atoms. The van der Waals surface area contributed by atoms with Gasteiger partial charge in [-0.1, -0.05) is 24.3 Å².